The van der Waals surface area contributed by atoms with Crippen LogP contribution in [0.25, 0.3) is 10.9 Å². The Hall–Kier alpha value is -2.79. The van der Waals surface area contributed by atoms with Gasteiger partial charge in [-0.05, 0) is 17.7 Å². The second-order valence-electron chi connectivity index (χ2n) is 8.43. The fourth-order valence-electron chi connectivity index (χ4n) is 3.43. The monoisotopic (exact) mass is 425 g/mol. The fraction of sp³-hybridized carbons (Fsp3) is 0.423. The van der Waals surface area contributed by atoms with Crippen molar-refractivity contribution in [3.05, 3.63) is 65.9 Å². The van der Waals surface area contributed by atoms with Crippen LogP contribution >= 0.6 is 0 Å². The molecule has 5 heteroatoms. The third kappa shape index (κ3) is 7.14. The molecule has 0 fully saturated rings. The summed E-state index contributed by atoms with van der Waals surface area (Å²) < 4.78 is 11.9. The van der Waals surface area contributed by atoms with Gasteiger partial charge in [0.1, 0.15) is 12.3 Å². The predicted octanol–water partition coefficient (Wildman–Crippen LogP) is 5.55. The van der Waals surface area contributed by atoms with E-state index in [2.05, 4.69) is 55.6 Å². The van der Waals surface area contributed by atoms with Crippen LogP contribution in [0.15, 0.2) is 54.7 Å². The van der Waals surface area contributed by atoms with Crippen LogP contribution in [0.5, 0.6) is 5.75 Å². The molecule has 5 nitrogen and oxygen atoms in total. The number of fused-ring (bicyclic) bond motifs is 1. The highest BCUT2D eigenvalue weighted by Gasteiger charge is 2.18. The van der Waals surface area contributed by atoms with Crippen LogP contribution in [0.2, 0.25) is 0 Å². The zero-order chi connectivity index (χ0) is 22.9. The van der Waals surface area contributed by atoms with Crippen LogP contribution in [0, 0.1) is 5.92 Å². The number of esters is 1. The Morgan fingerprint density at radius 3 is 2.42 bits per heavy atom. The lowest BCUT2D eigenvalue weighted by Gasteiger charge is -2.30. The zero-order valence-electron chi connectivity index (χ0n) is 19.8. The van der Waals surface area contributed by atoms with E-state index in [4.69, 9.17) is 9.47 Å². The van der Waals surface area contributed by atoms with Gasteiger partial charge in [0.2, 0.25) is 6.79 Å². The molecule has 0 bridgehead atoms. The van der Waals surface area contributed by atoms with Gasteiger partial charge in [0.25, 0.3) is 0 Å². The molecule has 3 aromatic rings. The molecule has 0 radical (unpaired) electrons. The summed E-state index contributed by atoms with van der Waals surface area (Å²) in [4.78, 5) is 15.0. The topological polar surface area (TPSA) is 51.3 Å². The number of aromatic nitrogens is 1. The molecule has 0 saturated heterocycles. The SMILES string of the molecule is CC.CC(C)C(=O)OCOc1cccc2[nH]cc(CC[N+](C)(C)Cc3ccccc3)c12. The van der Waals surface area contributed by atoms with Crippen LogP contribution in [0.3, 0.4) is 0 Å². The van der Waals surface area contributed by atoms with Crippen LogP contribution < -0.4 is 4.74 Å². The first-order valence-corrected chi connectivity index (χ1v) is 11.1. The van der Waals surface area contributed by atoms with Gasteiger partial charge in [-0.15, -0.1) is 0 Å². The van der Waals surface area contributed by atoms with Crippen LogP contribution in [0.1, 0.15) is 38.8 Å². The van der Waals surface area contributed by atoms with Crippen molar-refractivity contribution < 1.29 is 18.8 Å². The van der Waals surface area contributed by atoms with Crippen LogP contribution in [0.4, 0.5) is 0 Å². The zero-order valence-corrected chi connectivity index (χ0v) is 19.8. The second-order valence-corrected chi connectivity index (χ2v) is 8.43. The number of likely N-dealkylation sites (N-methyl/N-ethyl adjacent to an activating group) is 1. The summed E-state index contributed by atoms with van der Waals surface area (Å²) in [6, 6.07) is 16.5. The minimum Gasteiger partial charge on any atom is -0.457 e. The molecule has 0 atom stereocenters. The van der Waals surface area contributed by atoms with E-state index in [0.29, 0.717) is 0 Å². The number of rotatable bonds is 9. The number of hydrogen-bond acceptors (Lipinski definition) is 3. The molecule has 0 aliphatic heterocycles. The maximum atomic E-state index is 11.7. The average Bonchev–Trinajstić information content (AvgIpc) is 3.18. The molecular formula is C26H37N2O3+. The Labute approximate surface area is 186 Å². The molecule has 0 aliphatic rings. The Balaban J connectivity index is 0.00000166. The number of nitrogens with zero attached hydrogens (tertiary/aromatic N) is 1. The lowest BCUT2D eigenvalue weighted by Crippen LogP contribution is -2.40. The predicted molar refractivity (Wildman–Crippen MR) is 127 cm³/mol. The average molecular weight is 426 g/mol. The fourth-order valence-corrected chi connectivity index (χ4v) is 3.43. The summed E-state index contributed by atoms with van der Waals surface area (Å²) in [6.45, 7) is 9.53. The number of carbonyl (C=O) groups excluding carboxylic acids is 1. The molecule has 0 spiro atoms. The largest absolute Gasteiger partial charge is 0.457 e. The number of aromatic amines is 1. The minimum absolute atomic E-state index is 0.0731. The van der Waals surface area contributed by atoms with Crippen molar-refractivity contribution in [1.82, 2.24) is 4.98 Å². The molecule has 3 rings (SSSR count). The summed E-state index contributed by atoms with van der Waals surface area (Å²) in [5, 5.41) is 1.06. The van der Waals surface area contributed by atoms with Crippen molar-refractivity contribution in [2.24, 2.45) is 5.92 Å². The van der Waals surface area contributed by atoms with Crippen LogP contribution in [-0.4, -0.2) is 42.9 Å². The van der Waals surface area contributed by atoms with Crippen molar-refractivity contribution in [2.75, 3.05) is 27.4 Å². The van der Waals surface area contributed by atoms with Gasteiger partial charge >= 0.3 is 5.97 Å². The van der Waals surface area contributed by atoms with Gasteiger partial charge < -0.3 is 18.9 Å². The molecule has 0 saturated carbocycles. The third-order valence-corrected chi connectivity index (χ3v) is 5.08. The smallest absolute Gasteiger partial charge is 0.311 e. The maximum Gasteiger partial charge on any atom is 0.311 e. The van der Waals surface area contributed by atoms with Crippen molar-refractivity contribution in [3.63, 3.8) is 0 Å². The Bertz CT molecular complexity index is 946. The van der Waals surface area contributed by atoms with Gasteiger partial charge in [0, 0.05) is 29.1 Å². The van der Waals surface area contributed by atoms with Gasteiger partial charge in [0.05, 0.1) is 26.6 Å². The number of nitrogens with one attached hydrogen (secondary N) is 1. The highest BCUT2D eigenvalue weighted by atomic mass is 16.7. The first kappa shape index (κ1) is 24.5. The molecule has 31 heavy (non-hydrogen) atoms. The molecule has 0 unspecified atom stereocenters. The number of hydrogen-bond donors (Lipinski definition) is 1. The molecule has 1 aromatic heterocycles. The highest BCUT2D eigenvalue weighted by molar-refractivity contribution is 5.89. The Morgan fingerprint density at radius 2 is 1.74 bits per heavy atom. The number of carbonyl (C=O) groups is 1. The number of H-pyrrole nitrogens is 1. The van der Waals surface area contributed by atoms with Crippen molar-refractivity contribution in [2.45, 2.75) is 40.7 Å². The van der Waals surface area contributed by atoms with Gasteiger partial charge in [-0.2, -0.15) is 0 Å². The van der Waals surface area contributed by atoms with E-state index >= 15 is 0 Å². The number of ether oxygens (including phenoxy) is 2. The van der Waals surface area contributed by atoms with E-state index in [1.54, 1.807) is 0 Å². The van der Waals surface area contributed by atoms with Gasteiger partial charge in [-0.3, -0.25) is 4.79 Å². The first-order chi connectivity index (χ1) is 14.9. The normalized spacial score (nSPS) is 11.2. The van der Waals surface area contributed by atoms with E-state index in [9.17, 15) is 4.79 Å². The molecule has 0 aliphatic carbocycles. The van der Waals surface area contributed by atoms with E-state index in [0.717, 1.165) is 40.6 Å². The molecular weight excluding hydrogens is 388 g/mol. The lowest BCUT2D eigenvalue weighted by molar-refractivity contribution is -0.903. The lowest BCUT2D eigenvalue weighted by atomic mass is 10.1. The minimum atomic E-state index is -0.258. The number of quaternary nitrogens is 1. The first-order valence-electron chi connectivity index (χ1n) is 11.1. The van der Waals surface area contributed by atoms with Crippen molar-refractivity contribution >= 4 is 16.9 Å². The maximum absolute atomic E-state index is 11.7. The van der Waals surface area contributed by atoms with Crippen molar-refractivity contribution in [3.8, 4) is 5.75 Å². The summed E-state index contributed by atoms with van der Waals surface area (Å²) in [7, 11) is 4.51. The third-order valence-electron chi connectivity index (χ3n) is 5.08. The number of benzene rings is 2. The van der Waals surface area contributed by atoms with E-state index in [1.165, 1.54) is 11.1 Å². The Kier molecular flexibility index (Phi) is 9.13. The molecule has 0 amide bonds. The van der Waals surface area contributed by atoms with Crippen LogP contribution in [-0.2, 0) is 22.5 Å². The summed E-state index contributed by atoms with van der Waals surface area (Å²) in [5.74, 6) is 0.317. The summed E-state index contributed by atoms with van der Waals surface area (Å²) in [5.41, 5.74) is 3.58. The molecule has 2 aromatic carbocycles. The molecule has 1 heterocycles. The summed E-state index contributed by atoms with van der Waals surface area (Å²) in [6.07, 6.45) is 2.98. The quantitative estimate of drug-likeness (QED) is 0.278. The second kappa shape index (κ2) is 11.6. The Morgan fingerprint density at radius 1 is 1.03 bits per heavy atom. The highest BCUT2D eigenvalue weighted by Crippen LogP contribution is 2.29. The van der Waals surface area contributed by atoms with Gasteiger partial charge in [0.15, 0.2) is 0 Å². The van der Waals surface area contributed by atoms with E-state index < -0.39 is 0 Å². The van der Waals surface area contributed by atoms with Gasteiger partial charge in [-0.1, -0.05) is 64.1 Å². The van der Waals surface area contributed by atoms with E-state index in [-0.39, 0.29) is 18.7 Å². The molecule has 1 N–H and O–H groups in total. The van der Waals surface area contributed by atoms with E-state index in [1.807, 2.05) is 45.9 Å². The molecule has 168 valence electrons. The van der Waals surface area contributed by atoms with Gasteiger partial charge in [-0.25, -0.2) is 0 Å². The van der Waals surface area contributed by atoms with Crippen molar-refractivity contribution in [1.29, 1.82) is 0 Å². The standard InChI is InChI=1S/C24H31N2O3.C2H6/c1-18(2)24(27)29-17-28-22-12-8-11-21-23(22)20(15-25-21)13-14-26(3,4)16-19-9-6-5-7-10-19;1-2/h5-12,15,18,25H,13-14,16-17H2,1-4H3;1-2H3/q+1;. The summed E-state index contributed by atoms with van der Waals surface area (Å²) >= 11 is 0.